The molecule has 0 bridgehead atoms. The maximum atomic E-state index is 5.70. The van der Waals surface area contributed by atoms with Crippen LogP contribution in [0.1, 0.15) is 50.0 Å². The van der Waals surface area contributed by atoms with E-state index in [1.807, 2.05) is 21.0 Å². The Kier molecular flexibility index (Phi) is 4.25. The lowest BCUT2D eigenvalue weighted by Crippen LogP contribution is -2.68. The molecule has 3 aliphatic rings. The summed E-state index contributed by atoms with van der Waals surface area (Å²) in [5.41, 5.74) is 1.52. The maximum Gasteiger partial charge on any atom is 0.132 e. The molecule has 1 spiro atoms. The van der Waals surface area contributed by atoms with Crippen LogP contribution in [0.15, 0.2) is 6.07 Å². The van der Waals surface area contributed by atoms with Gasteiger partial charge in [0.15, 0.2) is 0 Å². The Labute approximate surface area is 145 Å². The van der Waals surface area contributed by atoms with Crippen molar-refractivity contribution in [3.8, 4) is 0 Å². The van der Waals surface area contributed by atoms with Crippen molar-refractivity contribution < 1.29 is 4.74 Å². The predicted octanol–water partition coefficient (Wildman–Crippen LogP) is 2.61. The minimum Gasteiger partial charge on any atom is -0.381 e. The number of aromatic nitrogens is 2. The maximum absolute atomic E-state index is 5.70. The number of anilines is 1. The molecule has 0 amide bonds. The third kappa shape index (κ3) is 2.72. The Balaban J connectivity index is 1.32. The largest absolute Gasteiger partial charge is 0.381 e. The van der Waals surface area contributed by atoms with E-state index in [-0.39, 0.29) is 0 Å². The molecule has 24 heavy (non-hydrogen) atoms. The van der Waals surface area contributed by atoms with E-state index in [1.54, 1.807) is 0 Å². The zero-order chi connectivity index (χ0) is 16.7. The quantitative estimate of drug-likeness (QED) is 0.920. The highest BCUT2D eigenvalue weighted by molar-refractivity contribution is 5.40. The fourth-order valence-electron chi connectivity index (χ4n) is 4.99. The van der Waals surface area contributed by atoms with Gasteiger partial charge in [0, 0.05) is 49.5 Å². The second kappa shape index (κ2) is 6.26. The minimum atomic E-state index is 0.465. The zero-order valence-corrected chi connectivity index (χ0v) is 15.2. The molecule has 0 aromatic carbocycles. The molecular formula is C19H30N4O. The molecule has 0 unspecified atom stereocenters. The first-order valence-electron chi connectivity index (χ1n) is 9.47. The van der Waals surface area contributed by atoms with Crippen LogP contribution in [0.3, 0.4) is 0 Å². The van der Waals surface area contributed by atoms with Gasteiger partial charge in [-0.25, -0.2) is 9.97 Å². The fraction of sp³-hybridized carbons (Fsp3) is 0.789. The van der Waals surface area contributed by atoms with Crippen molar-refractivity contribution in [2.75, 3.05) is 25.1 Å². The van der Waals surface area contributed by atoms with Crippen LogP contribution in [-0.2, 0) is 4.74 Å². The molecule has 2 heterocycles. The summed E-state index contributed by atoms with van der Waals surface area (Å²) in [6.07, 6.45) is 8.17. The van der Waals surface area contributed by atoms with Crippen LogP contribution >= 0.6 is 0 Å². The van der Waals surface area contributed by atoms with Crippen LogP contribution in [-0.4, -0.2) is 48.4 Å². The zero-order valence-electron chi connectivity index (χ0n) is 15.2. The van der Waals surface area contributed by atoms with Gasteiger partial charge in [0.2, 0.25) is 0 Å². The van der Waals surface area contributed by atoms with Crippen molar-refractivity contribution in [3.05, 3.63) is 17.6 Å². The van der Waals surface area contributed by atoms with Crippen molar-refractivity contribution in [1.82, 2.24) is 15.3 Å². The number of hydrogen-bond acceptors (Lipinski definition) is 5. The third-order valence-corrected chi connectivity index (χ3v) is 6.56. The van der Waals surface area contributed by atoms with E-state index in [9.17, 15) is 0 Å². The second-order valence-electron chi connectivity index (χ2n) is 7.94. The summed E-state index contributed by atoms with van der Waals surface area (Å²) in [6.45, 7) is 6.20. The second-order valence-corrected chi connectivity index (χ2v) is 7.94. The summed E-state index contributed by atoms with van der Waals surface area (Å²) >= 11 is 0. The van der Waals surface area contributed by atoms with Crippen LogP contribution < -0.4 is 10.2 Å². The van der Waals surface area contributed by atoms with Gasteiger partial charge in [-0.1, -0.05) is 6.42 Å². The number of piperidine rings is 1. The Hall–Kier alpha value is -1.20. The molecule has 1 aliphatic heterocycles. The molecule has 2 aliphatic carbocycles. The molecule has 132 valence electrons. The third-order valence-electron chi connectivity index (χ3n) is 6.56. The van der Waals surface area contributed by atoms with Gasteiger partial charge in [0.1, 0.15) is 11.6 Å². The van der Waals surface area contributed by atoms with Crippen molar-refractivity contribution >= 4 is 5.82 Å². The molecular weight excluding hydrogens is 300 g/mol. The standard InChI is InChI=1S/C19H30N4O/c1-13-11-18(21-14(2)20-13)23-9-5-15(6-10-23)22-16-12-17(24-3)19(16)7-4-8-19/h11,15-17,22H,4-10,12H2,1-3H3/t16-,17+/m1/s1. The summed E-state index contributed by atoms with van der Waals surface area (Å²) < 4.78 is 5.70. The van der Waals surface area contributed by atoms with Gasteiger partial charge < -0.3 is 15.0 Å². The van der Waals surface area contributed by atoms with E-state index in [4.69, 9.17) is 4.74 Å². The molecule has 2 atom stereocenters. The number of nitrogens with zero attached hydrogens (tertiary/aromatic N) is 3. The molecule has 1 saturated heterocycles. The fourth-order valence-corrected chi connectivity index (χ4v) is 4.99. The van der Waals surface area contributed by atoms with Gasteiger partial charge in [0.25, 0.3) is 0 Å². The molecule has 1 N–H and O–H groups in total. The van der Waals surface area contributed by atoms with Gasteiger partial charge >= 0.3 is 0 Å². The lowest BCUT2D eigenvalue weighted by Gasteiger charge is -2.61. The molecule has 3 fully saturated rings. The van der Waals surface area contributed by atoms with E-state index >= 15 is 0 Å². The molecule has 1 aromatic rings. The van der Waals surface area contributed by atoms with Crippen molar-refractivity contribution in [1.29, 1.82) is 0 Å². The van der Waals surface area contributed by atoms with Crippen LogP contribution in [0, 0.1) is 19.3 Å². The van der Waals surface area contributed by atoms with E-state index in [2.05, 4.69) is 26.3 Å². The van der Waals surface area contributed by atoms with Crippen LogP contribution in [0.5, 0.6) is 0 Å². The van der Waals surface area contributed by atoms with Gasteiger partial charge in [0.05, 0.1) is 6.10 Å². The van der Waals surface area contributed by atoms with Crippen molar-refractivity contribution in [3.63, 3.8) is 0 Å². The summed E-state index contributed by atoms with van der Waals surface area (Å²) in [5.74, 6) is 1.97. The first kappa shape index (κ1) is 16.3. The van der Waals surface area contributed by atoms with Gasteiger partial charge in [-0.05, 0) is 46.0 Å². The molecule has 5 heteroatoms. The lowest BCUT2D eigenvalue weighted by molar-refractivity contribution is -0.164. The Morgan fingerprint density at radius 2 is 1.96 bits per heavy atom. The molecule has 0 radical (unpaired) electrons. The summed E-state index contributed by atoms with van der Waals surface area (Å²) in [4.78, 5) is 11.4. The normalized spacial score (nSPS) is 29.4. The monoisotopic (exact) mass is 330 g/mol. The number of ether oxygens (including phenoxy) is 1. The van der Waals surface area contributed by atoms with Crippen molar-refractivity contribution in [2.24, 2.45) is 5.41 Å². The first-order valence-corrected chi connectivity index (χ1v) is 9.47. The highest BCUT2D eigenvalue weighted by Crippen LogP contribution is 2.57. The van der Waals surface area contributed by atoms with E-state index < -0.39 is 0 Å². The van der Waals surface area contributed by atoms with Crippen LogP contribution in [0.2, 0.25) is 0 Å². The number of rotatable bonds is 4. The van der Waals surface area contributed by atoms with Crippen molar-refractivity contribution in [2.45, 2.75) is 70.6 Å². The Bertz CT molecular complexity index is 573. The van der Waals surface area contributed by atoms with Gasteiger partial charge in [-0.2, -0.15) is 0 Å². The summed E-state index contributed by atoms with van der Waals surface area (Å²) in [7, 11) is 1.88. The van der Waals surface area contributed by atoms with Gasteiger partial charge in [-0.3, -0.25) is 0 Å². The highest BCUT2D eigenvalue weighted by Gasteiger charge is 2.58. The number of aryl methyl sites for hydroxylation is 2. The molecule has 5 nitrogen and oxygen atoms in total. The van der Waals surface area contributed by atoms with E-state index in [1.165, 1.54) is 38.5 Å². The highest BCUT2D eigenvalue weighted by atomic mass is 16.5. The Morgan fingerprint density at radius 3 is 2.54 bits per heavy atom. The average molecular weight is 330 g/mol. The molecule has 4 rings (SSSR count). The van der Waals surface area contributed by atoms with Crippen LogP contribution in [0.25, 0.3) is 0 Å². The van der Waals surface area contributed by atoms with Crippen LogP contribution in [0.4, 0.5) is 5.82 Å². The smallest absolute Gasteiger partial charge is 0.132 e. The minimum absolute atomic E-state index is 0.465. The molecule has 2 saturated carbocycles. The van der Waals surface area contributed by atoms with E-state index in [0.717, 1.165) is 30.4 Å². The number of methoxy groups -OCH3 is 1. The average Bonchev–Trinajstić information content (AvgIpc) is 2.49. The van der Waals surface area contributed by atoms with Gasteiger partial charge in [-0.15, -0.1) is 0 Å². The topological polar surface area (TPSA) is 50.3 Å². The Morgan fingerprint density at radius 1 is 1.21 bits per heavy atom. The lowest BCUT2D eigenvalue weighted by atomic mass is 9.51. The predicted molar refractivity (Wildman–Crippen MR) is 95.4 cm³/mol. The molecule has 1 aromatic heterocycles. The summed E-state index contributed by atoms with van der Waals surface area (Å²) in [5, 5.41) is 3.97. The first-order chi connectivity index (χ1) is 11.6. The number of hydrogen-bond donors (Lipinski definition) is 1. The summed E-state index contributed by atoms with van der Waals surface area (Å²) in [6, 6.07) is 3.43. The number of nitrogens with one attached hydrogen (secondary N) is 1. The van der Waals surface area contributed by atoms with E-state index in [0.29, 0.717) is 23.6 Å². The SMILES string of the molecule is CO[C@H]1C[C@@H](NC2CCN(c3cc(C)nc(C)n3)CC2)C12CCC2.